The number of anilines is 1. The number of carbonyl (C=O) groups excluding carboxylic acids is 1. The SMILES string of the molecule is COc1ccc(C(F)(F)F)cc1-c1cc(CC(=N)OC(C)=N)ncc1C(=O)Nc1ncc(C#CC2CC2)s1. The van der Waals surface area contributed by atoms with Gasteiger partial charge in [-0.1, -0.05) is 23.2 Å². The fourth-order valence-electron chi connectivity index (χ4n) is 3.43. The molecule has 0 saturated heterocycles. The Labute approximate surface area is 220 Å². The average molecular weight is 542 g/mol. The molecule has 8 nitrogen and oxygen atoms in total. The average Bonchev–Trinajstić information content (AvgIpc) is 3.58. The highest BCUT2D eigenvalue weighted by Crippen LogP contribution is 2.39. The summed E-state index contributed by atoms with van der Waals surface area (Å²) in [5, 5.41) is 18.2. The predicted octanol–water partition coefficient (Wildman–Crippen LogP) is 5.78. The van der Waals surface area contributed by atoms with Crippen LogP contribution in [-0.4, -0.2) is 34.8 Å². The minimum absolute atomic E-state index is 0.0157. The monoisotopic (exact) mass is 541 g/mol. The lowest BCUT2D eigenvalue weighted by atomic mass is 9.96. The first kappa shape index (κ1) is 26.8. The number of carbonyl (C=O) groups is 1. The van der Waals surface area contributed by atoms with Crippen LogP contribution in [0.15, 0.2) is 36.7 Å². The molecule has 0 radical (unpaired) electrons. The summed E-state index contributed by atoms with van der Waals surface area (Å²) in [7, 11) is 1.31. The van der Waals surface area contributed by atoms with E-state index >= 15 is 0 Å². The summed E-state index contributed by atoms with van der Waals surface area (Å²) in [6.07, 6.45) is 0.132. The van der Waals surface area contributed by atoms with Crippen LogP contribution in [0.5, 0.6) is 5.75 Å². The van der Waals surface area contributed by atoms with E-state index in [4.69, 9.17) is 20.3 Å². The van der Waals surface area contributed by atoms with E-state index in [1.807, 2.05) is 0 Å². The molecule has 0 spiro atoms. The van der Waals surface area contributed by atoms with E-state index in [0.29, 0.717) is 10.8 Å². The Morgan fingerprint density at radius 1 is 1.18 bits per heavy atom. The molecule has 1 aliphatic carbocycles. The van der Waals surface area contributed by atoms with Gasteiger partial charge >= 0.3 is 6.18 Å². The molecule has 0 aliphatic heterocycles. The van der Waals surface area contributed by atoms with Crippen molar-refractivity contribution in [3.05, 3.63) is 58.4 Å². The molecule has 4 rings (SSSR count). The second kappa shape index (κ2) is 11.0. The van der Waals surface area contributed by atoms with Gasteiger partial charge in [0.15, 0.2) is 16.9 Å². The highest BCUT2D eigenvalue weighted by Gasteiger charge is 2.32. The van der Waals surface area contributed by atoms with Gasteiger partial charge in [-0.15, -0.1) is 0 Å². The van der Waals surface area contributed by atoms with Crippen molar-refractivity contribution < 1.29 is 27.4 Å². The van der Waals surface area contributed by atoms with Gasteiger partial charge in [-0.25, -0.2) is 4.98 Å². The molecule has 2 aromatic heterocycles. The molecule has 0 atom stereocenters. The molecule has 0 unspecified atom stereocenters. The van der Waals surface area contributed by atoms with Gasteiger partial charge in [-0.3, -0.25) is 25.9 Å². The number of ether oxygens (including phenoxy) is 2. The van der Waals surface area contributed by atoms with Crippen molar-refractivity contribution in [1.82, 2.24) is 9.97 Å². The first-order chi connectivity index (χ1) is 18.0. The maximum absolute atomic E-state index is 13.5. The standard InChI is InChI=1S/C26H22F3N5O3S/c1-14(30)37-23(31)11-17-10-19(20-9-16(26(27,28)29)6-8-22(20)36-2)21(13-32-17)24(35)34-25-33-12-18(38-25)7-5-15-3-4-15/h6,8-10,12-13,15,30-31H,3-4,11H2,1-2H3,(H,33,34,35). The summed E-state index contributed by atoms with van der Waals surface area (Å²) in [5.74, 6) is 5.53. The first-order valence-corrected chi connectivity index (χ1v) is 12.2. The highest BCUT2D eigenvalue weighted by atomic mass is 32.1. The zero-order chi connectivity index (χ0) is 27.4. The third kappa shape index (κ3) is 6.74. The normalized spacial score (nSPS) is 12.8. The van der Waals surface area contributed by atoms with Crippen LogP contribution in [0, 0.1) is 28.6 Å². The largest absolute Gasteiger partial charge is 0.496 e. The van der Waals surface area contributed by atoms with E-state index in [2.05, 4.69) is 27.1 Å². The Balaban J connectivity index is 1.73. The molecule has 1 saturated carbocycles. The lowest BCUT2D eigenvalue weighted by Gasteiger charge is -2.16. The maximum Gasteiger partial charge on any atom is 0.416 e. The first-order valence-electron chi connectivity index (χ1n) is 11.4. The van der Waals surface area contributed by atoms with Crippen molar-refractivity contribution in [2.45, 2.75) is 32.4 Å². The Hall–Kier alpha value is -4.24. The Kier molecular flexibility index (Phi) is 7.78. The maximum atomic E-state index is 13.5. The summed E-state index contributed by atoms with van der Waals surface area (Å²) in [6.45, 7) is 1.36. The minimum Gasteiger partial charge on any atom is -0.496 e. The Morgan fingerprint density at radius 2 is 1.95 bits per heavy atom. The van der Waals surface area contributed by atoms with Gasteiger partial charge in [-0.05, 0) is 37.1 Å². The van der Waals surface area contributed by atoms with E-state index in [9.17, 15) is 18.0 Å². The Morgan fingerprint density at radius 3 is 2.61 bits per heavy atom. The second-order valence-corrected chi connectivity index (χ2v) is 9.45. The van der Waals surface area contributed by atoms with Gasteiger partial charge in [0, 0.05) is 30.2 Å². The predicted molar refractivity (Wildman–Crippen MR) is 137 cm³/mol. The lowest BCUT2D eigenvalue weighted by molar-refractivity contribution is -0.137. The molecule has 3 N–H and O–H groups in total. The summed E-state index contributed by atoms with van der Waals surface area (Å²) in [6, 6.07) is 4.36. The molecule has 2 heterocycles. The molecule has 1 aliphatic rings. The second-order valence-electron chi connectivity index (χ2n) is 8.42. The number of aromatic nitrogens is 2. The van der Waals surface area contributed by atoms with E-state index in [0.717, 1.165) is 25.0 Å². The number of hydrogen-bond donors (Lipinski definition) is 3. The van der Waals surface area contributed by atoms with Crippen LogP contribution in [0.2, 0.25) is 0 Å². The molecule has 196 valence electrons. The lowest BCUT2D eigenvalue weighted by Crippen LogP contribution is -2.16. The van der Waals surface area contributed by atoms with Crippen LogP contribution in [0.4, 0.5) is 18.3 Å². The molecule has 1 amide bonds. The minimum atomic E-state index is -4.63. The zero-order valence-electron chi connectivity index (χ0n) is 20.3. The van der Waals surface area contributed by atoms with Crippen LogP contribution < -0.4 is 10.1 Å². The third-order valence-electron chi connectivity index (χ3n) is 5.34. The number of nitrogens with one attached hydrogen (secondary N) is 3. The summed E-state index contributed by atoms with van der Waals surface area (Å²) in [5.41, 5.74) is -0.577. The van der Waals surface area contributed by atoms with Crippen molar-refractivity contribution >= 4 is 34.2 Å². The summed E-state index contributed by atoms with van der Waals surface area (Å²) >= 11 is 1.18. The van der Waals surface area contributed by atoms with Crippen LogP contribution in [-0.2, 0) is 17.3 Å². The van der Waals surface area contributed by atoms with Crippen LogP contribution in [0.1, 0.15) is 46.3 Å². The quantitative estimate of drug-likeness (QED) is 0.208. The number of hydrogen-bond acceptors (Lipinski definition) is 8. The number of alkyl halides is 3. The van der Waals surface area contributed by atoms with Gasteiger partial charge in [0.2, 0.25) is 0 Å². The molecule has 3 aromatic rings. The van der Waals surface area contributed by atoms with Crippen molar-refractivity contribution in [2.24, 2.45) is 5.92 Å². The van der Waals surface area contributed by atoms with E-state index in [1.54, 1.807) is 6.20 Å². The van der Waals surface area contributed by atoms with Gasteiger partial charge in [0.1, 0.15) is 5.75 Å². The molecule has 12 heteroatoms. The van der Waals surface area contributed by atoms with E-state index in [1.165, 1.54) is 43.7 Å². The van der Waals surface area contributed by atoms with Crippen molar-refractivity contribution in [1.29, 1.82) is 10.8 Å². The van der Waals surface area contributed by atoms with Gasteiger partial charge in [-0.2, -0.15) is 13.2 Å². The number of amides is 1. The number of pyridine rings is 1. The molecule has 1 fully saturated rings. The summed E-state index contributed by atoms with van der Waals surface area (Å²) < 4.78 is 50.9. The fourth-order valence-corrected chi connectivity index (χ4v) is 4.11. The number of halogens is 3. The van der Waals surface area contributed by atoms with Crippen molar-refractivity contribution in [3.8, 4) is 28.7 Å². The van der Waals surface area contributed by atoms with Crippen molar-refractivity contribution in [2.75, 3.05) is 12.4 Å². The molecular formula is C26H22F3N5O3S. The zero-order valence-corrected chi connectivity index (χ0v) is 21.1. The van der Waals surface area contributed by atoms with E-state index < -0.39 is 17.6 Å². The fraction of sp³-hybridized carbons (Fsp3) is 0.269. The Bertz CT molecular complexity index is 1470. The topological polar surface area (TPSA) is 121 Å². The van der Waals surface area contributed by atoms with Crippen molar-refractivity contribution in [3.63, 3.8) is 0 Å². The molecule has 38 heavy (non-hydrogen) atoms. The number of nitrogens with zero attached hydrogens (tertiary/aromatic N) is 2. The molecular weight excluding hydrogens is 519 g/mol. The number of benzene rings is 1. The smallest absolute Gasteiger partial charge is 0.416 e. The number of thiazole rings is 1. The molecule has 1 aromatic carbocycles. The van der Waals surface area contributed by atoms with E-state index in [-0.39, 0.29) is 51.5 Å². The van der Waals surface area contributed by atoms with Gasteiger partial charge in [0.25, 0.3) is 5.91 Å². The molecule has 0 bridgehead atoms. The van der Waals surface area contributed by atoms with Gasteiger partial charge < -0.3 is 9.47 Å². The van der Waals surface area contributed by atoms with Gasteiger partial charge in [0.05, 0.1) is 41.4 Å². The van der Waals surface area contributed by atoms with Crippen LogP contribution in [0.3, 0.4) is 0 Å². The van der Waals surface area contributed by atoms with Crippen LogP contribution in [0.25, 0.3) is 11.1 Å². The third-order valence-corrected chi connectivity index (χ3v) is 6.17. The summed E-state index contributed by atoms with van der Waals surface area (Å²) in [4.78, 5) is 22.3. The number of rotatable bonds is 6. The van der Waals surface area contributed by atoms with Crippen LogP contribution >= 0.6 is 11.3 Å². The highest BCUT2D eigenvalue weighted by molar-refractivity contribution is 7.16. The number of methoxy groups -OCH3 is 1.